The van der Waals surface area contributed by atoms with Crippen LogP contribution in [0.15, 0.2) is 54.7 Å². The molecular formula is C21H22F2N4O2. The summed E-state index contributed by atoms with van der Waals surface area (Å²) in [5, 5.41) is 3.26. The summed E-state index contributed by atoms with van der Waals surface area (Å²) in [6.45, 7) is 4.47. The topological polar surface area (TPSA) is 95.4 Å². The number of rotatable bonds is 2. The van der Waals surface area contributed by atoms with Crippen LogP contribution >= 0.6 is 0 Å². The Bertz CT molecular complexity index is 973. The minimum Gasteiger partial charge on any atom is -0.484 e. The van der Waals surface area contributed by atoms with E-state index in [0.717, 1.165) is 0 Å². The third kappa shape index (κ3) is 5.25. The van der Waals surface area contributed by atoms with Crippen molar-refractivity contribution in [3.63, 3.8) is 0 Å². The Morgan fingerprint density at radius 3 is 2.34 bits per heavy atom. The third-order valence-electron chi connectivity index (χ3n) is 3.95. The average molecular weight is 400 g/mol. The molecule has 3 aromatic rings. The molecule has 2 aromatic carbocycles. The smallest absolute Gasteiger partial charge is 0.204 e. The van der Waals surface area contributed by atoms with Crippen LogP contribution in [0.1, 0.15) is 13.8 Å². The van der Waals surface area contributed by atoms with E-state index in [1.54, 1.807) is 18.3 Å². The SMILES string of the molecule is CC1(C)COc2c(Oc3ccc(N)cc3F)ccnc2N1.Nc1ccc(F)cc1. The van der Waals surface area contributed by atoms with E-state index in [-0.39, 0.29) is 17.1 Å². The molecule has 0 saturated carbocycles. The highest BCUT2D eigenvalue weighted by molar-refractivity contribution is 5.61. The van der Waals surface area contributed by atoms with Crippen molar-refractivity contribution >= 4 is 17.2 Å². The van der Waals surface area contributed by atoms with E-state index >= 15 is 0 Å². The van der Waals surface area contributed by atoms with Crippen LogP contribution in [0.3, 0.4) is 0 Å². The zero-order valence-electron chi connectivity index (χ0n) is 16.1. The molecule has 6 nitrogen and oxygen atoms in total. The first-order chi connectivity index (χ1) is 13.7. The number of nitrogen functional groups attached to an aromatic ring is 2. The van der Waals surface area contributed by atoms with Gasteiger partial charge in [-0.2, -0.15) is 0 Å². The number of aromatic nitrogens is 1. The first-order valence-corrected chi connectivity index (χ1v) is 8.87. The fourth-order valence-corrected chi connectivity index (χ4v) is 2.53. The number of hydrogen-bond acceptors (Lipinski definition) is 6. The van der Waals surface area contributed by atoms with Crippen molar-refractivity contribution in [2.45, 2.75) is 19.4 Å². The Morgan fingerprint density at radius 1 is 1.00 bits per heavy atom. The summed E-state index contributed by atoms with van der Waals surface area (Å²) in [7, 11) is 0. The van der Waals surface area contributed by atoms with Crippen LogP contribution in [0.4, 0.5) is 26.0 Å². The zero-order valence-corrected chi connectivity index (χ0v) is 16.1. The molecule has 5 N–H and O–H groups in total. The molecule has 0 fully saturated rings. The van der Waals surface area contributed by atoms with Crippen LogP contribution in [0.5, 0.6) is 17.2 Å². The summed E-state index contributed by atoms with van der Waals surface area (Å²) >= 11 is 0. The van der Waals surface area contributed by atoms with Gasteiger partial charge in [-0.05, 0) is 50.2 Å². The van der Waals surface area contributed by atoms with E-state index in [2.05, 4.69) is 10.3 Å². The lowest BCUT2D eigenvalue weighted by Crippen LogP contribution is -2.41. The number of ether oxygens (including phenoxy) is 2. The number of nitrogens with zero attached hydrogens (tertiary/aromatic N) is 1. The zero-order chi connectivity index (χ0) is 21.0. The fraction of sp³-hybridized carbons (Fsp3) is 0.190. The van der Waals surface area contributed by atoms with Gasteiger partial charge < -0.3 is 26.3 Å². The molecular weight excluding hydrogens is 378 g/mol. The summed E-state index contributed by atoms with van der Waals surface area (Å²) in [5.74, 6) is 0.786. The molecule has 1 aliphatic heterocycles. The molecule has 0 aliphatic carbocycles. The quantitative estimate of drug-likeness (QED) is 0.545. The second-order valence-corrected chi connectivity index (χ2v) is 7.13. The highest BCUT2D eigenvalue weighted by atomic mass is 19.1. The third-order valence-corrected chi connectivity index (χ3v) is 3.95. The maximum Gasteiger partial charge on any atom is 0.204 e. The molecule has 0 bridgehead atoms. The van der Waals surface area contributed by atoms with Crippen molar-refractivity contribution in [1.29, 1.82) is 0 Å². The minimum absolute atomic E-state index is 0.0889. The number of anilines is 3. The molecule has 0 amide bonds. The number of hydrogen-bond donors (Lipinski definition) is 3. The van der Waals surface area contributed by atoms with Gasteiger partial charge in [-0.15, -0.1) is 0 Å². The number of fused-ring (bicyclic) bond motifs is 1. The second-order valence-electron chi connectivity index (χ2n) is 7.13. The molecule has 4 rings (SSSR count). The molecule has 29 heavy (non-hydrogen) atoms. The van der Waals surface area contributed by atoms with E-state index in [1.165, 1.54) is 36.4 Å². The van der Waals surface area contributed by atoms with E-state index in [9.17, 15) is 8.78 Å². The predicted molar refractivity (Wildman–Crippen MR) is 109 cm³/mol. The van der Waals surface area contributed by atoms with Crippen molar-refractivity contribution < 1.29 is 18.3 Å². The van der Waals surface area contributed by atoms with Gasteiger partial charge in [0.05, 0.1) is 5.54 Å². The van der Waals surface area contributed by atoms with Crippen LogP contribution in [-0.4, -0.2) is 17.1 Å². The first-order valence-electron chi connectivity index (χ1n) is 8.87. The average Bonchev–Trinajstić information content (AvgIpc) is 2.66. The standard InChI is InChI=1S/C15H16FN3O2.C6H6FN/c1-15(2)8-20-13-12(5-6-18-14(13)19-15)21-11-4-3-9(17)7-10(11)16;7-5-1-3-6(8)4-2-5/h3-7H,8,17H2,1-2H3,(H,18,19);1-4H,8H2. The van der Waals surface area contributed by atoms with E-state index in [4.69, 9.17) is 20.9 Å². The summed E-state index contributed by atoms with van der Waals surface area (Å²) in [6, 6.07) is 11.6. The molecule has 0 spiro atoms. The van der Waals surface area contributed by atoms with E-state index in [1.807, 2.05) is 13.8 Å². The number of pyridine rings is 1. The van der Waals surface area contributed by atoms with Gasteiger partial charge in [-0.1, -0.05) is 0 Å². The highest BCUT2D eigenvalue weighted by Gasteiger charge is 2.29. The van der Waals surface area contributed by atoms with Gasteiger partial charge in [0, 0.05) is 29.7 Å². The predicted octanol–water partition coefficient (Wildman–Crippen LogP) is 4.59. The van der Waals surface area contributed by atoms with E-state index in [0.29, 0.717) is 35.3 Å². The Balaban J connectivity index is 0.000000252. The van der Waals surface area contributed by atoms with Gasteiger partial charge >= 0.3 is 0 Å². The minimum atomic E-state index is -0.523. The van der Waals surface area contributed by atoms with Crippen LogP contribution in [0, 0.1) is 11.6 Å². The number of benzene rings is 2. The van der Waals surface area contributed by atoms with Crippen molar-refractivity contribution in [3.05, 3.63) is 66.4 Å². The Labute approximate surface area is 167 Å². The van der Waals surface area contributed by atoms with Crippen LogP contribution in [0.2, 0.25) is 0 Å². The van der Waals surface area contributed by atoms with Gasteiger partial charge in [-0.3, -0.25) is 0 Å². The maximum atomic E-state index is 13.8. The lowest BCUT2D eigenvalue weighted by molar-refractivity contribution is 0.231. The molecule has 1 aliphatic rings. The van der Waals surface area contributed by atoms with Gasteiger partial charge in [0.1, 0.15) is 12.4 Å². The molecule has 2 heterocycles. The van der Waals surface area contributed by atoms with Gasteiger partial charge in [0.15, 0.2) is 23.1 Å². The lowest BCUT2D eigenvalue weighted by Gasteiger charge is -2.33. The summed E-state index contributed by atoms with van der Waals surface area (Å²) in [4.78, 5) is 4.22. The molecule has 0 atom stereocenters. The summed E-state index contributed by atoms with van der Waals surface area (Å²) in [6.07, 6.45) is 1.58. The summed E-state index contributed by atoms with van der Waals surface area (Å²) in [5.41, 5.74) is 11.5. The largest absolute Gasteiger partial charge is 0.484 e. The number of nitrogens with one attached hydrogen (secondary N) is 1. The maximum absolute atomic E-state index is 13.8. The van der Waals surface area contributed by atoms with Gasteiger partial charge in [0.25, 0.3) is 0 Å². The van der Waals surface area contributed by atoms with Crippen molar-refractivity contribution in [2.75, 3.05) is 23.4 Å². The second kappa shape index (κ2) is 8.22. The normalized spacial score (nSPS) is 13.8. The molecule has 1 aromatic heterocycles. The Hall–Kier alpha value is -3.55. The number of halogens is 2. The van der Waals surface area contributed by atoms with Gasteiger partial charge in [0.2, 0.25) is 5.75 Å². The van der Waals surface area contributed by atoms with Crippen molar-refractivity contribution in [1.82, 2.24) is 4.98 Å². The molecule has 0 unspecified atom stereocenters. The lowest BCUT2D eigenvalue weighted by atomic mass is 10.1. The van der Waals surface area contributed by atoms with Gasteiger partial charge in [-0.25, -0.2) is 13.8 Å². The molecule has 0 radical (unpaired) electrons. The van der Waals surface area contributed by atoms with Crippen LogP contribution < -0.4 is 26.3 Å². The fourth-order valence-electron chi connectivity index (χ4n) is 2.53. The molecule has 152 valence electrons. The molecule has 0 saturated heterocycles. The Kier molecular flexibility index (Phi) is 5.72. The van der Waals surface area contributed by atoms with Crippen molar-refractivity contribution in [2.24, 2.45) is 0 Å². The van der Waals surface area contributed by atoms with E-state index < -0.39 is 5.82 Å². The van der Waals surface area contributed by atoms with Crippen LogP contribution in [0.25, 0.3) is 0 Å². The molecule has 8 heteroatoms. The van der Waals surface area contributed by atoms with Crippen LogP contribution in [-0.2, 0) is 0 Å². The van der Waals surface area contributed by atoms with Crippen molar-refractivity contribution in [3.8, 4) is 17.2 Å². The number of nitrogens with two attached hydrogens (primary N) is 2. The monoisotopic (exact) mass is 400 g/mol. The Morgan fingerprint density at radius 2 is 1.69 bits per heavy atom. The first kappa shape index (κ1) is 20.2. The summed E-state index contributed by atoms with van der Waals surface area (Å²) < 4.78 is 37.1. The highest BCUT2D eigenvalue weighted by Crippen LogP contribution is 2.41.